The molecule has 0 fully saturated rings. The van der Waals surface area contributed by atoms with E-state index < -0.39 is 0 Å². The van der Waals surface area contributed by atoms with Gasteiger partial charge in [-0.1, -0.05) is 20.8 Å². The van der Waals surface area contributed by atoms with Crippen LogP contribution in [0.5, 0.6) is 0 Å². The molecule has 17 heavy (non-hydrogen) atoms. The Morgan fingerprint density at radius 3 is 2.65 bits per heavy atom. The highest BCUT2D eigenvalue weighted by Crippen LogP contribution is 2.17. The summed E-state index contributed by atoms with van der Waals surface area (Å²) in [6.07, 6.45) is 8.62. The number of imidazole rings is 1. The third kappa shape index (κ3) is 3.84. The third-order valence-electron chi connectivity index (χ3n) is 3.34. The van der Waals surface area contributed by atoms with Crippen molar-refractivity contribution in [3.05, 3.63) is 18.2 Å². The number of aromatic nitrogens is 2. The maximum Gasteiger partial charge on any atom is 0.108 e. The Morgan fingerprint density at radius 1 is 1.29 bits per heavy atom. The van der Waals surface area contributed by atoms with Crippen LogP contribution in [0.15, 0.2) is 12.4 Å². The normalized spacial score (nSPS) is 14.8. The Morgan fingerprint density at radius 2 is 2.06 bits per heavy atom. The summed E-state index contributed by atoms with van der Waals surface area (Å²) < 4.78 is 2.33. The van der Waals surface area contributed by atoms with Crippen LogP contribution >= 0.6 is 0 Å². The molecule has 1 N–H and O–H groups in total. The predicted octanol–water partition coefficient (Wildman–Crippen LogP) is 3.17. The Balaban J connectivity index is 2.70. The van der Waals surface area contributed by atoms with Crippen molar-refractivity contribution in [3.63, 3.8) is 0 Å². The molecule has 0 aliphatic heterocycles. The highest BCUT2D eigenvalue weighted by molar-refractivity contribution is 4.97. The summed E-state index contributed by atoms with van der Waals surface area (Å²) in [5, 5.41) is 3.63. The van der Waals surface area contributed by atoms with Gasteiger partial charge < -0.3 is 9.88 Å². The number of aryl methyl sites for hydroxylation is 1. The van der Waals surface area contributed by atoms with Crippen LogP contribution in [-0.4, -0.2) is 22.1 Å². The minimum Gasteiger partial charge on any atom is -0.331 e. The third-order valence-corrected chi connectivity index (χ3v) is 3.34. The summed E-state index contributed by atoms with van der Waals surface area (Å²) in [7, 11) is 0. The fourth-order valence-electron chi connectivity index (χ4n) is 2.31. The number of rotatable bonds is 8. The predicted molar refractivity (Wildman–Crippen MR) is 73.3 cm³/mol. The Bertz CT molecular complexity index is 306. The van der Waals surface area contributed by atoms with Gasteiger partial charge >= 0.3 is 0 Å². The second-order valence-corrected chi connectivity index (χ2v) is 4.71. The summed E-state index contributed by atoms with van der Waals surface area (Å²) in [6.45, 7) is 10.1. The second-order valence-electron chi connectivity index (χ2n) is 4.71. The van der Waals surface area contributed by atoms with E-state index in [9.17, 15) is 0 Å². The van der Waals surface area contributed by atoms with Gasteiger partial charge in [0.15, 0.2) is 0 Å². The quantitative estimate of drug-likeness (QED) is 0.752. The van der Waals surface area contributed by atoms with E-state index in [1.54, 1.807) is 0 Å². The summed E-state index contributed by atoms with van der Waals surface area (Å²) in [5.41, 5.74) is 0. The van der Waals surface area contributed by atoms with Crippen LogP contribution in [-0.2, 0) is 6.42 Å². The maximum atomic E-state index is 4.46. The highest BCUT2D eigenvalue weighted by atomic mass is 15.1. The molecular weight excluding hydrogens is 210 g/mol. The molecule has 0 aliphatic rings. The van der Waals surface area contributed by atoms with E-state index in [4.69, 9.17) is 0 Å². The molecule has 0 saturated heterocycles. The molecule has 3 nitrogen and oxygen atoms in total. The first-order valence-corrected chi connectivity index (χ1v) is 6.99. The zero-order valence-electron chi connectivity index (χ0n) is 11.7. The largest absolute Gasteiger partial charge is 0.331 e. The van der Waals surface area contributed by atoms with E-state index in [0.717, 1.165) is 25.8 Å². The lowest BCUT2D eigenvalue weighted by Gasteiger charge is -2.26. The van der Waals surface area contributed by atoms with Gasteiger partial charge in [0, 0.05) is 30.9 Å². The van der Waals surface area contributed by atoms with Crippen molar-refractivity contribution in [2.75, 3.05) is 6.54 Å². The molecule has 1 rings (SSSR count). The average Bonchev–Trinajstić information content (AvgIpc) is 2.78. The molecule has 1 aromatic heterocycles. The molecule has 1 aromatic rings. The summed E-state index contributed by atoms with van der Waals surface area (Å²) in [4.78, 5) is 4.46. The van der Waals surface area contributed by atoms with Crippen molar-refractivity contribution in [1.29, 1.82) is 0 Å². The van der Waals surface area contributed by atoms with E-state index >= 15 is 0 Å². The fourth-order valence-corrected chi connectivity index (χ4v) is 2.31. The zero-order chi connectivity index (χ0) is 12.7. The number of hydrogen-bond acceptors (Lipinski definition) is 2. The maximum absolute atomic E-state index is 4.46. The molecular formula is C14H27N3. The van der Waals surface area contributed by atoms with Crippen LogP contribution in [0.2, 0.25) is 0 Å². The van der Waals surface area contributed by atoms with Gasteiger partial charge in [-0.05, 0) is 32.7 Å². The van der Waals surface area contributed by atoms with Crippen molar-refractivity contribution < 1.29 is 0 Å². The van der Waals surface area contributed by atoms with Crippen molar-refractivity contribution in [2.45, 2.75) is 65.5 Å². The number of nitrogens with one attached hydrogen (secondary N) is 1. The molecule has 1 heterocycles. The van der Waals surface area contributed by atoms with E-state index in [0.29, 0.717) is 12.1 Å². The minimum atomic E-state index is 0.482. The van der Waals surface area contributed by atoms with Gasteiger partial charge in [0.2, 0.25) is 0 Å². The first kappa shape index (κ1) is 14.2. The van der Waals surface area contributed by atoms with E-state index in [-0.39, 0.29) is 0 Å². The molecule has 0 aliphatic carbocycles. The molecule has 2 unspecified atom stereocenters. The van der Waals surface area contributed by atoms with Gasteiger partial charge in [0.1, 0.15) is 5.82 Å². The van der Waals surface area contributed by atoms with E-state index in [1.807, 2.05) is 6.20 Å². The number of nitrogens with zero attached hydrogens (tertiary/aromatic N) is 2. The monoisotopic (exact) mass is 237 g/mol. The van der Waals surface area contributed by atoms with Gasteiger partial charge in [0.05, 0.1) is 0 Å². The van der Waals surface area contributed by atoms with Crippen LogP contribution in [0.4, 0.5) is 0 Å². The lowest BCUT2D eigenvalue weighted by Crippen LogP contribution is -2.36. The molecule has 0 aromatic carbocycles. The molecule has 98 valence electrons. The minimum absolute atomic E-state index is 0.482. The van der Waals surface area contributed by atoms with E-state index in [1.165, 1.54) is 12.2 Å². The zero-order valence-corrected chi connectivity index (χ0v) is 11.7. The van der Waals surface area contributed by atoms with Crippen LogP contribution in [0.3, 0.4) is 0 Å². The smallest absolute Gasteiger partial charge is 0.108 e. The molecule has 0 amide bonds. The highest BCUT2D eigenvalue weighted by Gasteiger charge is 2.18. The van der Waals surface area contributed by atoms with Crippen molar-refractivity contribution in [3.8, 4) is 0 Å². The topological polar surface area (TPSA) is 29.9 Å². The Kier molecular flexibility index (Phi) is 6.27. The van der Waals surface area contributed by atoms with Crippen LogP contribution in [0.1, 0.15) is 58.8 Å². The van der Waals surface area contributed by atoms with Crippen LogP contribution in [0, 0.1) is 0 Å². The molecule has 0 saturated carbocycles. The second kappa shape index (κ2) is 7.49. The molecule has 0 radical (unpaired) electrons. The fraction of sp³-hybridized carbons (Fsp3) is 0.786. The van der Waals surface area contributed by atoms with Gasteiger partial charge in [-0.3, -0.25) is 0 Å². The van der Waals surface area contributed by atoms with Crippen molar-refractivity contribution >= 4 is 0 Å². The molecule has 0 bridgehead atoms. The van der Waals surface area contributed by atoms with Gasteiger partial charge in [-0.2, -0.15) is 0 Å². The Labute approximate surface area is 106 Å². The molecule has 0 spiro atoms. The lowest BCUT2D eigenvalue weighted by molar-refractivity contribution is 0.354. The summed E-state index contributed by atoms with van der Waals surface area (Å²) in [5.74, 6) is 1.22. The summed E-state index contributed by atoms with van der Waals surface area (Å²) in [6, 6.07) is 1.02. The first-order valence-electron chi connectivity index (χ1n) is 6.99. The van der Waals surface area contributed by atoms with Crippen LogP contribution < -0.4 is 5.32 Å². The standard InChI is InChI=1S/C14H27N3/c1-5-8-14-16-10-11-17(14)12(4)13(7-3)15-9-6-2/h10-13,15H,5-9H2,1-4H3. The van der Waals surface area contributed by atoms with Crippen LogP contribution in [0.25, 0.3) is 0 Å². The number of hydrogen-bond donors (Lipinski definition) is 1. The SMILES string of the molecule is CCCNC(CC)C(C)n1ccnc1CCC. The van der Waals surface area contributed by atoms with Gasteiger partial charge in [-0.25, -0.2) is 4.98 Å². The summed E-state index contributed by atoms with van der Waals surface area (Å²) >= 11 is 0. The molecule has 2 atom stereocenters. The molecule has 3 heteroatoms. The van der Waals surface area contributed by atoms with E-state index in [2.05, 4.69) is 48.8 Å². The Hall–Kier alpha value is -0.830. The van der Waals surface area contributed by atoms with Crippen molar-refractivity contribution in [2.24, 2.45) is 0 Å². The van der Waals surface area contributed by atoms with Crippen molar-refractivity contribution in [1.82, 2.24) is 14.9 Å². The average molecular weight is 237 g/mol. The van der Waals surface area contributed by atoms with Gasteiger partial charge in [0.25, 0.3) is 0 Å². The van der Waals surface area contributed by atoms with Gasteiger partial charge in [-0.15, -0.1) is 0 Å². The first-order chi connectivity index (χ1) is 8.24. The lowest BCUT2D eigenvalue weighted by atomic mass is 10.1.